The number of nitrogens with zero attached hydrogens (tertiary/aromatic N) is 1. The summed E-state index contributed by atoms with van der Waals surface area (Å²) in [6, 6.07) is 6.32. The molecule has 1 aliphatic rings. The summed E-state index contributed by atoms with van der Waals surface area (Å²) in [5.74, 6) is -0.615. The normalized spacial score (nSPS) is 21.4. The zero-order valence-corrected chi connectivity index (χ0v) is 9.86. The smallest absolute Gasteiger partial charge is 0.179 e. The van der Waals surface area contributed by atoms with Gasteiger partial charge in [-0.25, -0.2) is 4.39 Å². The minimum atomic E-state index is -0.446. The monoisotopic (exact) mass is 237 g/mol. The number of morpholine rings is 1. The maximum atomic E-state index is 13.4. The van der Waals surface area contributed by atoms with Gasteiger partial charge in [-0.3, -0.25) is 9.69 Å². The van der Waals surface area contributed by atoms with E-state index in [-0.39, 0.29) is 23.9 Å². The van der Waals surface area contributed by atoms with E-state index in [1.165, 1.54) is 12.1 Å². The maximum absolute atomic E-state index is 13.4. The molecule has 0 spiro atoms. The van der Waals surface area contributed by atoms with Crippen molar-refractivity contribution in [3.8, 4) is 0 Å². The fourth-order valence-corrected chi connectivity index (χ4v) is 1.95. The number of ether oxygens (including phenoxy) is 1. The minimum Gasteiger partial charge on any atom is -0.379 e. The van der Waals surface area contributed by atoms with Gasteiger partial charge in [-0.05, 0) is 19.1 Å². The molecule has 17 heavy (non-hydrogen) atoms. The molecule has 0 bridgehead atoms. The van der Waals surface area contributed by atoms with Crippen LogP contribution in [0, 0.1) is 5.82 Å². The number of ketones is 1. The molecule has 1 fully saturated rings. The summed E-state index contributed by atoms with van der Waals surface area (Å²) in [5.41, 5.74) is 0.172. The van der Waals surface area contributed by atoms with Gasteiger partial charge < -0.3 is 4.74 Å². The van der Waals surface area contributed by atoms with Gasteiger partial charge in [-0.1, -0.05) is 12.1 Å². The molecule has 0 aromatic heterocycles. The van der Waals surface area contributed by atoms with Crippen molar-refractivity contribution >= 4 is 5.78 Å². The zero-order valence-electron chi connectivity index (χ0n) is 9.86. The van der Waals surface area contributed by atoms with Crippen LogP contribution in [0.5, 0.6) is 0 Å². The van der Waals surface area contributed by atoms with Gasteiger partial charge >= 0.3 is 0 Å². The first-order valence-electron chi connectivity index (χ1n) is 5.78. The quantitative estimate of drug-likeness (QED) is 0.750. The van der Waals surface area contributed by atoms with E-state index in [0.29, 0.717) is 13.2 Å². The molecule has 0 amide bonds. The third-order valence-corrected chi connectivity index (χ3v) is 3.03. The molecule has 92 valence electrons. The summed E-state index contributed by atoms with van der Waals surface area (Å²) in [6.45, 7) is 4.25. The SMILES string of the molecule is CC1COCCN1CC(=O)c1ccccc1F. The molecule has 0 radical (unpaired) electrons. The maximum Gasteiger partial charge on any atom is 0.179 e. The van der Waals surface area contributed by atoms with Crippen LogP contribution >= 0.6 is 0 Å². The number of rotatable bonds is 3. The van der Waals surface area contributed by atoms with Crippen LogP contribution in [0.25, 0.3) is 0 Å². The summed E-state index contributed by atoms with van der Waals surface area (Å²) in [5, 5.41) is 0. The van der Waals surface area contributed by atoms with E-state index in [1.54, 1.807) is 12.1 Å². The Kier molecular flexibility index (Phi) is 3.86. The Morgan fingerprint density at radius 1 is 1.53 bits per heavy atom. The fraction of sp³-hybridized carbons (Fsp3) is 0.462. The molecule has 1 atom stereocenters. The Hall–Kier alpha value is -1.26. The second-order valence-corrected chi connectivity index (χ2v) is 4.30. The van der Waals surface area contributed by atoms with Gasteiger partial charge in [0.2, 0.25) is 0 Å². The molecule has 4 heteroatoms. The van der Waals surface area contributed by atoms with Crippen molar-refractivity contribution in [3.63, 3.8) is 0 Å². The standard InChI is InChI=1S/C13H16FNO2/c1-10-9-17-7-6-15(10)8-13(16)11-4-2-3-5-12(11)14/h2-5,10H,6-9H2,1H3. The van der Waals surface area contributed by atoms with E-state index < -0.39 is 5.82 Å². The van der Waals surface area contributed by atoms with Crippen LogP contribution in [0.3, 0.4) is 0 Å². The van der Waals surface area contributed by atoms with Crippen LogP contribution < -0.4 is 0 Å². The second-order valence-electron chi connectivity index (χ2n) is 4.30. The highest BCUT2D eigenvalue weighted by molar-refractivity contribution is 5.97. The Bertz CT molecular complexity index is 408. The third-order valence-electron chi connectivity index (χ3n) is 3.03. The highest BCUT2D eigenvalue weighted by Gasteiger charge is 2.22. The van der Waals surface area contributed by atoms with Crippen molar-refractivity contribution in [1.82, 2.24) is 4.90 Å². The summed E-state index contributed by atoms with van der Waals surface area (Å²) < 4.78 is 18.7. The lowest BCUT2D eigenvalue weighted by molar-refractivity contribution is 0.00196. The third kappa shape index (κ3) is 2.90. The molecule has 1 aromatic rings. The van der Waals surface area contributed by atoms with Gasteiger partial charge in [0.25, 0.3) is 0 Å². The van der Waals surface area contributed by atoms with E-state index in [9.17, 15) is 9.18 Å². The summed E-state index contributed by atoms with van der Waals surface area (Å²) in [6.07, 6.45) is 0. The van der Waals surface area contributed by atoms with Gasteiger partial charge in [0, 0.05) is 12.6 Å². The van der Waals surface area contributed by atoms with Crippen LogP contribution in [0.2, 0.25) is 0 Å². The molecular weight excluding hydrogens is 221 g/mol. The van der Waals surface area contributed by atoms with Gasteiger partial charge in [0.1, 0.15) is 5.82 Å². The van der Waals surface area contributed by atoms with Crippen molar-refractivity contribution in [2.24, 2.45) is 0 Å². The Morgan fingerprint density at radius 2 is 2.29 bits per heavy atom. The lowest BCUT2D eigenvalue weighted by atomic mass is 10.1. The predicted molar refractivity (Wildman–Crippen MR) is 62.6 cm³/mol. The first-order valence-corrected chi connectivity index (χ1v) is 5.78. The second kappa shape index (κ2) is 5.38. The largest absolute Gasteiger partial charge is 0.379 e. The number of halogens is 1. The molecule has 1 aromatic carbocycles. The fourth-order valence-electron chi connectivity index (χ4n) is 1.95. The summed E-state index contributed by atoms with van der Waals surface area (Å²) >= 11 is 0. The van der Waals surface area contributed by atoms with Crippen LogP contribution in [0.1, 0.15) is 17.3 Å². The number of hydrogen-bond donors (Lipinski definition) is 0. The molecule has 1 aliphatic heterocycles. The first-order chi connectivity index (χ1) is 8.18. The summed E-state index contributed by atoms with van der Waals surface area (Å²) in [4.78, 5) is 14.0. The Balaban J connectivity index is 2.04. The lowest BCUT2D eigenvalue weighted by Crippen LogP contribution is -2.46. The van der Waals surface area contributed by atoms with Crippen molar-refractivity contribution in [2.45, 2.75) is 13.0 Å². The number of carbonyl (C=O) groups is 1. The molecule has 1 saturated heterocycles. The van der Waals surface area contributed by atoms with E-state index in [1.807, 2.05) is 11.8 Å². The highest BCUT2D eigenvalue weighted by Crippen LogP contribution is 2.11. The molecule has 2 rings (SSSR count). The molecular formula is C13H16FNO2. The van der Waals surface area contributed by atoms with Gasteiger partial charge in [-0.15, -0.1) is 0 Å². The number of hydrogen-bond acceptors (Lipinski definition) is 3. The van der Waals surface area contributed by atoms with E-state index >= 15 is 0 Å². The predicted octanol–water partition coefficient (Wildman–Crippen LogP) is 1.73. The number of Topliss-reactive ketones (excluding diaryl/α,β-unsaturated/α-hetero) is 1. The van der Waals surface area contributed by atoms with Crippen LogP contribution in [-0.4, -0.2) is 43.0 Å². The molecule has 1 unspecified atom stereocenters. The Morgan fingerprint density at radius 3 is 3.00 bits per heavy atom. The molecule has 1 heterocycles. The average Bonchev–Trinajstić information content (AvgIpc) is 2.32. The van der Waals surface area contributed by atoms with Crippen molar-refractivity contribution in [1.29, 1.82) is 0 Å². The van der Waals surface area contributed by atoms with Crippen LogP contribution in [-0.2, 0) is 4.74 Å². The van der Waals surface area contributed by atoms with Gasteiger partial charge in [-0.2, -0.15) is 0 Å². The number of benzene rings is 1. The Labute approximate surface area is 100 Å². The minimum absolute atomic E-state index is 0.170. The van der Waals surface area contributed by atoms with Crippen LogP contribution in [0.4, 0.5) is 4.39 Å². The van der Waals surface area contributed by atoms with E-state index in [4.69, 9.17) is 4.74 Å². The van der Waals surface area contributed by atoms with Crippen molar-refractivity contribution < 1.29 is 13.9 Å². The lowest BCUT2D eigenvalue weighted by Gasteiger charge is -2.32. The zero-order chi connectivity index (χ0) is 12.3. The van der Waals surface area contributed by atoms with Gasteiger partial charge in [0.05, 0.1) is 25.3 Å². The van der Waals surface area contributed by atoms with Crippen molar-refractivity contribution in [2.75, 3.05) is 26.3 Å². The summed E-state index contributed by atoms with van der Waals surface area (Å²) in [7, 11) is 0. The first kappa shape index (κ1) is 12.2. The molecule has 0 aliphatic carbocycles. The highest BCUT2D eigenvalue weighted by atomic mass is 19.1. The molecule has 0 N–H and O–H groups in total. The average molecular weight is 237 g/mol. The topological polar surface area (TPSA) is 29.5 Å². The van der Waals surface area contributed by atoms with Crippen LogP contribution in [0.15, 0.2) is 24.3 Å². The van der Waals surface area contributed by atoms with Crippen molar-refractivity contribution in [3.05, 3.63) is 35.6 Å². The molecule has 3 nitrogen and oxygen atoms in total. The van der Waals surface area contributed by atoms with E-state index in [0.717, 1.165) is 6.54 Å². The van der Waals surface area contributed by atoms with Gasteiger partial charge in [0.15, 0.2) is 5.78 Å². The number of carbonyl (C=O) groups excluding carboxylic acids is 1. The molecule has 0 saturated carbocycles. The van der Waals surface area contributed by atoms with E-state index in [2.05, 4.69) is 0 Å².